The minimum Gasteiger partial charge on any atom is -0.480 e. The number of hydrogen-bond acceptors (Lipinski definition) is 3. The maximum atomic E-state index is 10.5. The number of likely N-dealkylation sites (tertiary alicyclic amines) is 1. The van der Waals surface area contributed by atoms with Crippen LogP contribution in [0.5, 0.6) is 0 Å². The summed E-state index contributed by atoms with van der Waals surface area (Å²) in [6.07, 6.45) is 1.77. The summed E-state index contributed by atoms with van der Waals surface area (Å²) in [6.45, 7) is 1.74. The Bertz CT molecular complexity index is 219. The van der Waals surface area contributed by atoms with Gasteiger partial charge in [0.2, 0.25) is 0 Å². The molecule has 0 bridgehead atoms. The van der Waals surface area contributed by atoms with Crippen LogP contribution in [0.3, 0.4) is 0 Å². The Labute approximate surface area is 77.2 Å². The van der Waals surface area contributed by atoms with E-state index in [0.29, 0.717) is 11.8 Å². The summed E-state index contributed by atoms with van der Waals surface area (Å²) >= 11 is 0. The lowest BCUT2D eigenvalue weighted by Crippen LogP contribution is -2.29. The Morgan fingerprint density at radius 3 is 2.77 bits per heavy atom. The second kappa shape index (κ2) is 3.27. The largest absolute Gasteiger partial charge is 0.480 e. The van der Waals surface area contributed by atoms with Crippen LogP contribution in [0.2, 0.25) is 0 Å². The van der Waals surface area contributed by atoms with Gasteiger partial charge in [0.05, 0.1) is 12.6 Å². The zero-order valence-corrected chi connectivity index (χ0v) is 7.52. The van der Waals surface area contributed by atoms with Crippen molar-refractivity contribution in [3.05, 3.63) is 0 Å². The van der Waals surface area contributed by atoms with Gasteiger partial charge in [0.25, 0.3) is 0 Å². The van der Waals surface area contributed by atoms with Crippen LogP contribution < -0.4 is 0 Å². The molecule has 13 heavy (non-hydrogen) atoms. The highest BCUT2D eigenvalue weighted by molar-refractivity contribution is 5.69. The Morgan fingerprint density at radius 1 is 1.38 bits per heavy atom. The molecule has 0 amide bonds. The third kappa shape index (κ3) is 1.69. The number of carboxylic acid groups (broad SMARTS) is 1. The minimum absolute atomic E-state index is 0.125. The van der Waals surface area contributed by atoms with Gasteiger partial charge in [0, 0.05) is 19.0 Å². The van der Waals surface area contributed by atoms with Crippen LogP contribution in [0.1, 0.15) is 12.8 Å². The van der Waals surface area contributed by atoms with Crippen LogP contribution in [0.15, 0.2) is 0 Å². The highest BCUT2D eigenvalue weighted by Crippen LogP contribution is 2.37. The zero-order valence-electron chi connectivity index (χ0n) is 7.52. The monoisotopic (exact) mass is 185 g/mol. The van der Waals surface area contributed by atoms with Gasteiger partial charge in [-0.3, -0.25) is 9.69 Å². The van der Waals surface area contributed by atoms with Gasteiger partial charge >= 0.3 is 5.97 Å². The molecule has 2 fully saturated rings. The molecular weight excluding hydrogens is 170 g/mol. The van der Waals surface area contributed by atoms with Gasteiger partial charge < -0.3 is 10.2 Å². The smallest absolute Gasteiger partial charge is 0.317 e. The molecule has 0 aromatic heterocycles. The molecule has 1 saturated heterocycles. The summed E-state index contributed by atoms with van der Waals surface area (Å²) in [5.74, 6) is 0.100. The normalized spacial score (nSPS) is 39.3. The van der Waals surface area contributed by atoms with Crippen molar-refractivity contribution < 1.29 is 15.0 Å². The number of rotatable bonds is 2. The van der Waals surface area contributed by atoms with Crippen LogP contribution >= 0.6 is 0 Å². The van der Waals surface area contributed by atoms with Crippen molar-refractivity contribution in [2.24, 2.45) is 11.8 Å². The van der Waals surface area contributed by atoms with E-state index in [1.165, 1.54) is 0 Å². The Kier molecular flexibility index (Phi) is 2.26. The van der Waals surface area contributed by atoms with Crippen molar-refractivity contribution in [1.82, 2.24) is 4.90 Å². The molecular formula is C9H15NO3. The molecule has 0 aromatic rings. The predicted molar refractivity (Wildman–Crippen MR) is 46.3 cm³/mol. The van der Waals surface area contributed by atoms with Crippen molar-refractivity contribution >= 4 is 5.97 Å². The van der Waals surface area contributed by atoms with Crippen LogP contribution in [0.4, 0.5) is 0 Å². The first kappa shape index (κ1) is 8.97. The second-order valence-electron chi connectivity index (χ2n) is 4.16. The van der Waals surface area contributed by atoms with Gasteiger partial charge in [0.1, 0.15) is 0 Å². The van der Waals surface area contributed by atoms with E-state index in [4.69, 9.17) is 5.11 Å². The lowest BCUT2D eigenvalue weighted by Gasteiger charge is -2.15. The SMILES string of the molecule is O=C(O)CN1CC2CCC(O)C2C1. The first-order chi connectivity index (χ1) is 6.16. The van der Waals surface area contributed by atoms with Crippen molar-refractivity contribution in [2.75, 3.05) is 19.6 Å². The maximum Gasteiger partial charge on any atom is 0.317 e. The second-order valence-corrected chi connectivity index (χ2v) is 4.16. The van der Waals surface area contributed by atoms with Gasteiger partial charge in [-0.05, 0) is 18.8 Å². The maximum absolute atomic E-state index is 10.5. The van der Waals surface area contributed by atoms with E-state index < -0.39 is 5.97 Å². The molecule has 4 nitrogen and oxygen atoms in total. The number of carboxylic acids is 1. The summed E-state index contributed by atoms with van der Waals surface area (Å²) in [5.41, 5.74) is 0. The zero-order chi connectivity index (χ0) is 9.42. The molecule has 1 aliphatic heterocycles. The number of aliphatic hydroxyl groups excluding tert-OH is 1. The van der Waals surface area contributed by atoms with E-state index >= 15 is 0 Å². The van der Waals surface area contributed by atoms with E-state index in [1.54, 1.807) is 0 Å². The molecule has 74 valence electrons. The molecule has 3 atom stereocenters. The third-order valence-corrected chi connectivity index (χ3v) is 3.25. The number of aliphatic hydroxyl groups is 1. The Morgan fingerprint density at radius 2 is 2.15 bits per heavy atom. The first-order valence-electron chi connectivity index (χ1n) is 4.79. The van der Waals surface area contributed by atoms with Crippen molar-refractivity contribution in [3.8, 4) is 0 Å². The van der Waals surface area contributed by atoms with Crippen molar-refractivity contribution in [2.45, 2.75) is 18.9 Å². The average molecular weight is 185 g/mol. The molecule has 1 heterocycles. The minimum atomic E-state index is -0.769. The topological polar surface area (TPSA) is 60.8 Å². The summed E-state index contributed by atoms with van der Waals surface area (Å²) < 4.78 is 0. The van der Waals surface area contributed by atoms with E-state index in [-0.39, 0.29) is 12.6 Å². The highest BCUT2D eigenvalue weighted by atomic mass is 16.4. The van der Waals surface area contributed by atoms with E-state index in [9.17, 15) is 9.90 Å². The number of hydrogen-bond donors (Lipinski definition) is 2. The van der Waals surface area contributed by atoms with E-state index in [0.717, 1.165) is 25.9 Å². The van der Waals surface area contributed by atoms with E-state index in [1.807, 2.05) is 4.90 Å². The van der Waals surface area contributed by atoms with Crippen molar-refractivity contribution in [3.63, 3.8) is 0 Å². The quantitative estimate of drug-likeness (QED) is 0.624. The standard InChI is InChI=1S/C9H15NO3/c11-8-2-1-6-3-10(4-7(6)8)5-9(12)13/h6-8,11H,1-5H2,(H,12,13). The fraction of sp³-hybridized carbons (Fsp3) is 0.889. The molecule has 0 aromatic carbocycles. The molecule has 0 radical (unpaired) electrons. The molecule has 2 rings (SSSR count). The molecule has 4 heteroatoms. The van der Waals surface area contributed by atoms with Gasteiger partial charge in [0.15, 0.2) is 0 Å². The number of nitrogens with zero attached hydrogens (tertiary/aromatic N) is 1. The molecule has 1 aliphatic carbocycles. The highest BCUT2D eigenvalue weighted by Gasteiger charge is 2.41. The molecule has 0 spiro atoms. The van der Waals surface area contributed by atoms with E-state index in [2.05, 4.69) is 0 Å². The molecule has 3 unspecified atom stereocenters. The van der Waals surface area contributed by atoms with Crippen LogP contribution in [0.25, 0.3) is 0 Å². The molecule has 2 aliphatic rings. The van der Waals surface area contributed by atoms with Crippen LogP contribution in [0, 0.1) is 11.8 Å². The Balaban J connectivity index is 1.91. The molecule has 1 saturated carbocycles. The first-order valence-corrected chi connectivity index (χ1v) is 4.79. The van der Waals surface area contributed by atoms with Crippen LogP contribution in [-0.4, -0.2) is 46.8 Å². The average Bonchev–Trinajstić information content (AvgIpc) is 2.53. The summed E-state index contributed by atoms with van der Waals surface area (Å²) in [6, 6.07) is 0. The van der Waals surface area contributed by atoms with Gasteiger partial charge in [-0.2, -0.15) is 0 Å². The molecule has 2 N–H and O–H groups in total. The van der Waals surface area contributed by atoms with Crippen LogP contribution in [-0.2, 0) is 4.79 Å². The summed E-state index contributed by atoms with van der Waals surface area (Å²) in [4.78, 5) is 12.4. The predicted octanol–water partition coefficient (Wildman–Crippen LogP) is -0.226. The number of carbonyl (C=O) groups is 1. The Hall–Kier alpha value is -0.610. The summed E-state index contributed by atoms with van der Waals surface area (Å²) in [5, 5.41) is 18.2. The lowest BCUT2D eigenvalue weighted by molar-refractivity contribution is -0.138. The number of aliphatic carboxylic acids is 1. The van der Waals surface area contributed by atoms with Crippen molar-refractivity contribution in [1.29, 1.82) is 0 Å². The van der Waals surface area contributed by atoms with Gasteiger partial charge in [-0.15, -0.1) is 0 Å². The fourth-order valence-corrected chi connectivity index (χ4v) is 2.65. The summed E-state index contributed by atoms with van der Waals surface area (Å²) in [7, 11) is 0. The fourth-order valence-electron chi connectivity index (χ4n) is 2.65. The van der Waals surface area contributed by atoms with Gasteiger partial charge in [-0.25, -0.2) is 0 Å². The third-order valence-electron chi connectivity index (χ3n) is 3.25. The van der Waals surface area contributed by atoms with Gasteiger partial charge in [-0.1, -0.05) is 0 Å². The number of fused-ring (bicyclic) bond motifs is 1. The lowest BCUT2D eigenvalue weighted by atomic mass is 10.00.